The van der Waals surface area contributed by atoms with Gasteiger partial charge >= 0.3 is 0 Å². The van der Waals surface area contributed by atoms with Crippen LogP contribution in [0.2, 0.25) is 0 Å². The smallest absolute Gasteiger partial charge is 0.165 e. The summed E-state index contributed by atoms with van der Waals surface area (Å²) in [5.41, 5.74) is 8.05. The van der Waals surface area contributed by atoms with Crippen LogP contribution in [0.15, 0.2) is 24.3 Å². The average Bonchev–Trinajstić information content (AvgIpc) is 2.39. The number of benzene rings is 1. The van der Waals surface area contributed by atoms with E-state index >= 15 is 0 Å². The summed E-state index contributed by atoms with van der Waals surface area (Å²) in [6.07, 6.45) is 6.07. The molecule has 1 aliphatic carbocycles. The van der Waals surface area contributed by atoms with Crippen molar-refractivity contribution < 1.29 is 4.79 Å². The van der Waals surface area contributed by atoms with Crippen LogP contribution in [0.3, 0.4) is 0 Å². The van der Waals surface area contributed by atoms with Crippen molar-refractivity contribution in [1.82, 2.24) is 0 Å². The molecule has 0 heterocycles. The highest BCUT2D eigenvalue weighted by molar-refractivity contribution is 5.98. The number of hydrogen-bond acceptors (Lipinski definition) is 2. The maximum absolute atomic E-state index is 12.4. The van der Waals surface area contributed by atoms with E-state index in [2.05, 4.69) is 19.1 Å². The van der Waals surface area contributed by atoms with Crippen LogP contribution in [0, 0.1) is 5.92 Å². The Hall–Kier alpha value is -1.15. The molecular formula is C16H23NO. The number of hydrogen-bond donors (Lipinski definition) is 1. The van der Waals surface area contributed by atoms with Crippen molar-refractivity contribution in [3.8, 4) is 0 Å². The Balaban J connectivity index is 2.06. The van der Waals surface area contributed by atoms with Gasteiger partial charge in [0.1, 0.15) is 0 Å². The monoisotopic (exact) mass is 245 g/mol. The molecule has 0 aromatic heterocycles. The van der Waals surface area contributed by atoms with Gasteiger partial charge in [-0.25, -0.2) is 0 Å². The number of ketones is 1. The van der Waals surface area contributed by atoms with E-state index < -0.39 is 0 Å². The van der Waals surface area contributed by atoms with Crippen LogP contribution in [0.25, 0.3) is 0 Å². The molecule has 0 saturated heterocycles. The number of carbonyl (C=O) groups is 1. The first kappa shape index (κ1) is 13.3. The summed E-state index contributed by atoms with van der Waals surface area (Å²) >= 11 is 0. The number of Topliss-reactive ketones (excluding diaryl/α,β-unsaturated/α-hetero) is 1. The Morgan fingerprint density at radius 3 is 2.67 bits per heavy atom. The second-order valence-electron chi connectivity index (χ2n) is 5.43. The molecule has 1 aliphatic rings. The first-order chi connectivity index (χ1) is 8.70. The molecule has 1 saturated carbocycles. The first-order valence-electron chi connectivity index (χ1n) is 7.09. The van der Waals surface area contributed by atoms with E-state index in [1.807, 2.05) is 12.1 Å². The van der Waals surface area contributed by atoms with Gasteiger partial charge in [-0.3, -0.25) is 4.79 Å². The van der Waals surface area contributed by atoms with Gasteiger partial charge in [-0.05, 0) is 43.7 Å². The van der Waals surface area contributed by atoms with Crippen molar-refractivity contribution >= 4 is 5.78 Å². The van der Waals surface area contributed by atoms with Crippen LogP contribution in [-0.4, -0.2) is 11.8 Å². The van der Waals surface area contributed by atoms with E-state index in [0.29, 0.717) is 11.8 Å². The Kier molecular flexibility index (Phi) is 4.54. The second-order valence-corrected chi connectivity index (χ2v) is 5.43. The summed E-state index contributed by atoms with van der Waals surface area (Å²) in [5.74, 6) is 0.515. The predicted molar refractivity (Wildman–Crippen MR) is 74.7 cm³/mol. The maximum atomic E-state index is 12.4. The minimum Gasteiger partial charge on any atom is -0.328 e. The molecule has 0 radical (unpaired) electrons. The summed E-state index contributed by atoms with van der Waals surface area (Å²) in [6, 6.07) is 8.45. The van der Waals surface area contributed by atoms with Crippen LogP contribution in [0.4, 0.5) is 0 Å². The Morgan fingerprint density at radius 2 is 2.00 bits per heavy atom. The minimum atomic E-state index is 0.196. The fourth-order valence-corrected chi connectivity index (χ4v) is 2.79. The van der Waals surface area contributed by atoms with Gasteiger partial charge in [0.25, 0.3) is 0 Å². The average molecular weight is 245 g/mol. The lowest BCUT2D eigenvalue weighted by Gasteiger charge is -2.25. The highest BCUT2D eigenvalue weighted by Crippen LogP contribution is 2.26. The molecule has 0 unspecified atom stereocenters. The molecular weight excluding hydrogens is 222 g/mol. The number of rotatable bonds is 4. The van der Waals surface area contributed by atoms with Crippen LogP contribution in [0.1, 0.15) is 54.9 Å². The molecule has 0 aliphatic heterocycles. The van der Waals surface area contributed by atoms with Crippen LogP contribution < -0.4 is 5.73 Å². The van der Waals surface area contributed by atoms with Crippen molar-refractivity contribution in [3.63, 3.8) is 0 Å². The fourth-order valence-electron chi connectivity index (χ4n) is 2.79. The van der Waals surface area contributed by atoms with Gasteiger partial charge in [-0.15, -0.1) is 0 Å². The lowest BCUT2D eigenvalue weighted by atomic mass is 9.81. The molecule has 0 spiro atoms. The largest absolute Gasteiger partial charge is 0.328 e. The summed E-state index contributed by atoms with van der Waals surface area (Å²) < 4.78 is 0. The third-order valence-corrected chi connectivity index (χ3v) is 3.89. The van der Waals surface area contributed by atoms with Crippen molar-refractivity contribution in [1.29, 1.82) is 0 Å². The first-order valence-corrected chi connectivity index (χ1v) is 7.09. The highest BCUT2D eigenvalue weighted by atomic mass is 16.1. The fraction of sp³-hybridized carbons (Fsp3) is 0.562. The van der Waals surface area contributed by atoms with Gasteiger partial charge in [0.15, 0.2) is 5.78 Å². The predicted octanol–water partition coefficient (Wildman–Crippen LogP) is 3.34. The minimum absolute atomic E-state index is 0.196. The van der Waals surface area contributed by atoms with Crippen molar-refractivity contribution in [3.05, 3.63) is 35.4 Å². The van der Waals surface area contributed by atoms with E-state index in [9.17, 15) is 4.79 Å². The SMILES string of the molecule is CCCc1cccc(C(=O)C2CCC(N)CC2)c1. The molecule has 2 nitrogen and oxygen atoms in total. The summed E-state index contributed by atoms with van der Waals surface area (Å²) in [4.78, 5) is 12.4. The van der Waals surface area contributed by atoms with E-state index in [4.69, 9.17) is 5.73 Å². The Morgan fingerprint density at radius 1 is 1.28 bits per heavy atom. The molecule has 1 aromatic rings. The standard InChI is InChI=1S/C16H23NO/c1-2-4-12-5-3-6-14(11-12)16(18)13-7-9-15(17)10-8-13/h3,5-6,11,13,15H,2,4,7-10,17H2,1H3. The van der Waals surface area contributed by atoms with E-state index in [1.54, 1.807) is 0 Å². The molecule has 2 N–H and O–H groups in total. The topological polar surface area (TPSA) is 43.1 Å². The van der Waals surface area contributed by atoms with E-state index in [1.165, 1.54) is 5.56 Å². The second kappa shape index (κ2) is 6.14. The normalized spacial score (nSPS) is 23.9. The molecule has 98 valence electrons. The molecule has 1 fully saturated rings. The highest BCUT2D eigenvalue weighted by Gasteiger charge is 2.25. The molecule has 0 bridgehead atoms. The summed E-state index contributed by atoms with van der Waals surface area (Å²) in [6.45, 7) is 2.16. The third kappa shape index (κ3) is 3.20. The van der Waals surface area contributed by atoms with Gasteiger partial charge in [-0.1, -0.05) is 31.5 Å². The lowest BCUT2D eigenvalue weighted by Crippen LogP contribution is -2.29. The Bertz CT molecular complexity index is 405. The molecule has 1 aromatic carbocycles. The van der Waals surface area contributed by atoms with Crippen LogP contribution >= 0.6 is 0 Å². The number of carbonyl (C=O) groups excluding carboxylic acids is 1. The number of aryl methyl sites for hydroxylation is 1. The lowest BCUT2D eigenvalue weighted by molar-refractivity contribution is 0.0884. The quantitative estimate of drug-likeness (QED) is 0.827. The molecule has 2 heteroatoms. The zero-order valence-electron chi connectivity index (χ0n) is 11.2. The number of nitrogens with two attached hydrogens (primary N) is 1. The molecule has 18 heavy (non-hydrogen) atoms. The van der Waals surface area contributed by atoms with Crippen molar-refractivity contribution in [2.45, 2.75) is 51.5 Å². The van der Waals surface area contributed by atoms with Gasteiger partial charge in [0.05, 0.1) is 0 Å². The van der Waals surface area contributed by atoms with E-state index in [-0.39, 0.29) is 5.92 Å². The Labute approximate surface area is 110 Å². The van der Waals surface area contributed by atoms with Gasteiger partial charge in [-0.2, -0.15) is 0 Å². The zero-order valence-corrected chi connectivity index (χ0v) is 11.2. The van der Waals surface area contributed by atoms with Crippen molar-refractivity contribution in [2.24, 2.45) is 11.7 Å². The zero-order chi connectivity index (χ0) is 13.0. The van der Waals surface area contributed by atoms with Gasteiger partial charge in [0.2, 0.25) is 0 Å². The van der Waals surface area contributed by atoms with Gasteiger partial charge in [0, 0.05) is 17.5 Å². The van der Waals surface area contributed by atoms with Crippen molar-refractivity contribution in [2.75, 3.05) is 0 Å². The van der Waals surface area contributed by atoms with E-state index in [0.717, 1.165) is 44.1 Å². The van der Waals surface area contributed by atoms with Crippen LogP contribution in [-0.2, 0) is 6.42 Å². The molecule has 2 rings (SSSR count). The maximum Gasteiger partial charge on any atom is 0.165 e. The summed E-state index contributed by atoms with van der Waals surface area (Å²) in [7, 11) is 0. The molecule has 0 atom stereocenters. The third-order valence-electron chi connectivity index (χ3n) is 3.89. The van der Waals surface area contributed by atoms with Crippen LogP contribution in [0.5, 0.6) is 0 Å². The van der Waals surface area contributed by atoms with Gasteiger partial charge < -0.3 is 5.73 Å². The summed E-state index contributed by atoms with van der Waals surface area (Å²) in [5, 5.41) is 0. The molecule has 0 amide bonds.